The van der Waals surface area contributed by atoms with Crippen molar-refractivity contribution in [3.63, 3.8) is 0 Å². The third-order valence-electron chi connectivity index (χ3n) is 3.34. The van der Waals surface area contributed by atoms with Crippen LogP contribution in [-0.4, -0.2) is 60.3 Å². The average Bonchev–Trinajstić information content (AvgIpc) is 2.33. The molecule has 1 aromatic heterocycles. The molecule has 0 unspecified atom stereocenters. The molecule has 2 N–H and O–H groups in total. The first-order valence-corrected chi connectivity index (χ1v) is 7.21. The Morgan fingerprint density at radius 3 is 2.65 bits per heavy atom. The Bertz CT molecular complexity index is 428. The second-order valence-electron chi connectivity index (χ2n) is 5.35. The van der Waals surface area contributed by atoms with Gasteiger partial charge in [0.1, 0.15) is 11.0 Å². The molecule has 2 heterocycles. The summed E-state index contributed by atoms with van der Waals surface area (Å²) in [6.45, 7) is 7.95. The number of hydrogen-bond acceptors (Lipinski definition) is 6. The highest BCUT2D eigenvalue weighted by atomic mass is 35.5. The van der Waals surface area contributed by atoms with Gasteiger partial charge in [0.2, 0.25) is 5.95 Å². The van der Waals surface area contributed by atoms with Gasteiger partial charge >= 0.3 is 0 Å². The van der Waals surface area contributed by atoms with Crippen molar-refractivity contribution in [2.45, 2.75) is 26.1 Å². The second-order valence-corrected chi connectivity index (χ2v) is 5.73. The Kier molecular flexibility index (Phi) is 5.01. The van der Waals surface area contributed by atoms with Crippen LogP contribution in [0.1, 0.15) is 13.8 Å². The molecule has 2 rings (SSSR count). The molecule has 7 heteroatoms. The minimum absolute atomic E-state index is 0.202. The van der Waals surface area contributed by atoms with E-state index >= 15 is 0 Å². The zero-order valence-corrected chi connectivity index (χ0v) is 13.0. The molecule has 112 valence electrons. The topological polar surface area (TPSA) is 67.5 Å². The Morgan fingerprint density at radius 2 is 2.05 bits per heavy atom. The number of halogens is 1. The van der Waals surface area contributed by atoms with E-state index in [0.717, 1.165) is 32.0 Å². The third-order valence-corrected chi connectivity index (χ3v) is 3.53. The highest BCUT2D eigenvalue weighted by Gasteiger charge is 2.22. The van der Waals surface area contributed by atoms with Crippen LogP contribution in [0.2, 0.25) is 5.15 Å². The zero-order valence-electron chi connectivity index (χ0n) is 12.2. The molecular weight excluding hydrogens is 278 g/mol. The maximum absolute atomic E-state index is 5.90. The van der Waals surface area contributed by atoms with Crippen molar-refractivity contribution in [3.05, 3.63) is 11.2 Å². The summed E-state index contributed by atoms with van der Waals surface area (Å²) in [7, 11) is 1.98. The molecule has 0 aliphatic carbocycles. The van der Waals surface area contributed by atoms with Crippen molar-refractivity contribution < 1.29 is 4.74 Å². The molecule has 0 bridgehead atoms. The number of ether oxygens (including phenoxy) is 1. The smallest absolute Gasteiger partial charge is 0.223 e. The molecule has 1 saturated heterocycles. The van der Waals surface area contributed by atoms with Crippen LogP contribution >= 0.6 is 11.6 Å². The van der Waals surface area contributed by atoms with Gasteiger partial charge in [0.25, 0.3) is 0 Å². The SMILES string of the molecule is C[C@@H]1CN(CCN(C)c2cc(Cl)nc(N)n2)C[C@H](C)O1. The largest absolute Gasteiger partial charge is 0.373 e. The van der Waals surface area contributed by atoms with E-state index in [0.29, 0.717) is 5.15 Å². The molecule has 1 aliphatic heterocycles. The zero-order chi connectivity index (χ0) is 14.7. The van der Waals surface area contributed by atoms with Crippen molar-refractivity contribution >= 4 is 23.4 Å². The molecule has 0 spiro atoms. The van der Waals surface area contributed by atoms with Crippen LogP contribution in [0.15, 0.2) is 6.07 Å². The van der Waals surface area contributed by atoms with Crippen molar-refractivity contribution in [2.24, 2.45) is 0 Å². The number of rotatable bonds is 4. The summed E-state index contributed by atoms with van der Waals surface area (Å²) in [4.78, 5) is 12.5. The van der Waals surface area contributed by atoms with Crippen LogP contribution in [0.5, 0.6) is 0 Å². The van der Waals surface area contributed by atoms with E-state index in [-0.39, 0.29) is 18.2 Å². The molecule has 0 saturated carbocycles. The maximum Gasteiger partial charge on any atom is 0.223 e. The Morgan fingerprint density at radius 1 is 1.40 bits per heavy atom. The van der Waals surface area contributed by atoms with E-state index in [2.05, 4.69) is 28.7 Å². The number of morpholine rings is 1. The van der Waals surface area contributed by atoms with E-state index in [9.17, 15) is 0 Å². The molecule has 0 amide bonds. The van der Waals surface area contributed by atoms with Gasteiger partial charge in [-0.2, -0.15) is 4.98 Å². The predicted molar refractivity (Wildman–Crippen MR) is 81.2 cm³/mol. The van der Waals surface area contributed by atoms with Crippen LogP contribution in [-0.2, 0) is 4.74 Å². The minimum Gasteiger partial charge on any atom is -0.373 e. The summed E-state index contributed by atoms with van der Waals surface area (Å²) >= 11 is 5.90. The highest BCUT2D eigenvalue weighted by Crippen LogP contribution is 2.16. The number of anilines is 2. The van der Waals surface area contributed by atoms with Gasteiger partial charge in [0, 0.05) is 39.3 Å². The van der Waals surface area contributed by atoms with Gasteiger partial charge in [-0.25, -0.2) is 4.98 Å². The van der Waals surface area contributed by atoms with Crippen molar-refractivity contribution in [3.8, 4) is 0 Å². The second kappa shape index (κ2) is 6.56. The molecule has 1 aromatic rings. The molecule has 1 aliphatic rings. The van der Waals surface area contributed by atoms with Crippen LogP contribution in [0.25, 0.3) is 0 Å². The Labute approximate surface area is 124 Å². The van der Waals surface area contributed by atoms with Gasteiger partial charge in [0.05, 0.1) is 12.2 Å². The lowest BCUT2D eigenvalue weighted by Crippen LogP contribution is -2.47. The van der Waals surface area contributed by atoms with E-state index in [1.807, 2.05) is 11.9 Å². The highest BCUT2D eigenvalue weighted by molar-refractivity contribution is 6.29. The molecule has 20 heavy (non-hydrogen) atoms. The van der Waals surface area contributed by atoms with Crippen molar-refractivity contribution in [1.29, 1.82) is 0 Å². The monoisotopic (exact) mass is 299 g/mol. The van der Waals surface area contributed by atoms with Crippen LogP contribution in [0, 0.1) is 0 Å². The molecule has 1 fully saturated rings. The first kappa shape index (κ1) is 15.3. The van der Waals surface area contributed by atoms with E-state index in [1.54, 1.807) is 6.07 Å². The fraction of sp³-hybridized carbons (Fsp3) is 0.692. The number of nitrogens with zero attached hydrogens (tertiary/aromatic N) is 4. The predicted octanol–water partition coefficient (Wildman–Crippen LogP) is 1.26. The number of nitrogens with two attached hydrogens (primary N) is 1. The van der Waals surface area contributed by atoms with Crippen LogP contribution < -0.4 is 10.6 Å². The molecule has 2 atom stereocenters. The molecular formula is C13H22ClN5O. The van der Waals surface area contributed by atoms with Crippen molar-refractivity contribution in [2.75, 3.05) is 43.9 Å². The number of hydrogen-bond donors (Lipinski definition) is 1. The number of aromatic nitrogens is 2. The van der Waals surface area contributed by atoms with Gasteiger partial charge in [-0.15, -0.1) is 0 Å². The lowest BCUT2D eigenvalue weighted by Gasteiger charge is -2.36. The lowest BCUT2D eigenvalue weighted by molar-refractivity contribution is -0.0670. The summed E-state index contributed by atoms with van der Waals surface area (Å²) in [5.41, 5.74) is 5.61. The van der Waals surface area contributed by atoms with Crippen LogP contribution in [0.4, 0.5) is 11.8 Å². The van der Waals surface area contributed by atoms with Gasteiger partial charge in [-0.05, 0) is 13.8 Å². The van der Waals surface area contributed by atoms with E-state index in [4.69, 9.17) is 22.1 Å². The average molecular weight is 300 g/mol. The van der Waals surface area contributed by atoms with Crippen molar-refractivity contribution in [1.82, 2.24) is 14.9 Å². The van der Waals surface area contributed by atoms with Gasteiger partial charge < -0.3 is 15.4 Å². The van der Waals surface area contributed by atoms with E-state index in [1.165, 1.54) is 0 Å². The minimum atomic E-state index is 0.202. The summed E-state index contributed by atoms with van der Waals surface area (Å²) in [6, 6.07) is 1.72. The summed E-state index contributed by atoms with van der Waals surface area (Å²) in [5, 5.41) is 0.368. The molecule has 0 aromatic carbocycles. The fourth-order valence-electron chi connectivity index (χ4n) is 2.49. The molecule has 0 radical (unpaired) electrons. The van der Waals surface area contributed by atoms with Crippen LogP contribution in [0.3, 0.4) is 0 Å². The Balaban J connectivity index is 1.89. The summed E-state index contributed by atoms with van der Waals surface area (Å²) in [6.07, 6.45) is 0.571. The first-order chi connectivity index (χ1) is 9.44. The molecule has 6 nitrogen and oxygen atoms in total. The fourth-order valence-corrected chi connectivity index (χ4v) is 2.68. The first-order valence-electron chi connectivity index (χ1n) is 6.83. The van der Waals surface area contributed by atoms with E-state index < -0.39 is 0 Å². The quantitative estimate of drug-likeness (QED) is 0.844. The summed E-state index contributed by atoms with van der Waals surface area (Å²) in [5.74, 6) is 0.949. The normalized spacial score (nSPS) is 23.8. The van der Waals surface area contributed by atoms with Gasteiger partial charge in [-0.1, -0.05) is 11.6 Å². The third kappa shape index (κ3) is 4.19. The van der Waals surface area contributed by atoms with Gasteiger partial charge in [-0.3, -0.25) is 4.90 Å². The number of likely N-dealkylation sites (N-methyl/N-ethyl adjacent to an activating group) is 1. The number of nitrogen functional groups attached to an aromatic ring is 1. The van der Waals surface area contributed by atoms with Gasteiger partial charge in [0.15, 0.2) is 0 Å². The lowest BCUT2D eigenvalue weighted by atomic mass is 10.2. The standard InChI is InChI=1S/C13H22ClN5O/c1-9-7-19(8-10(2)20-9)5-4-18(3)12-6-11(14)16-13(15)17-12/h6,9-10H,4-5,7-8H2,1-3H3,(H2,15,16,17)/t9-,10+. The Hall–Kier alpha value is -1.11. The summed E-state index contributed by atoms with van der Waals surface area (Å²) < 4.78 is 5.73. The maximum atomic E-state index is 5.90.